The molecule has 3 heteroatoms. The minimum Gasteiger partial charge on any atom is -0.500 e. The molecule has 1 aliphatic rings. The van der Waals surface area contributed by atoms with E-state index in [1.165, 1.54) is 0 Å². The van der Waals surface area contributed by atoms with Gasteiger partial charge >= 0.3 is 0 Å². The first-order valence-corrected chi connectivity index (χ1v) is 3.74. The topological polar surface area (TPSA) is 18.5 Å². The maximum absolute atomic E-state index is 5.15. The lowest BCUT2D eigenvalue weighted by atomic mass is 10.1. The average Bonchev–Trinajstić information content (AvgIpc) is 1.85. The van der Waals surface area contributed by atoms with Crippen molar-refractivity contribution < 1.29 is 9.47 Å². The highest BCUT2D eigenvalue weighted by Crippen LogP contribution is 2.24. The Morgan fingerprint density at radius 3 is 2.80 bits per heavy atom. The Balaban J connectivity index is 2.12. The first-order valence-electron chi connectivity index (χ1n) is 3.30. The molecule has 1 aliphatic heterocycles. The number of thiol groups is 1. The molecular weight excluding hydrogens is 148 g/mol. The van der Waals surface area contributed by atoms with Crippen molar-refractivity contribution in [1.29, 1.82) is 0 Å². The lowest BCUT2D eigenvalue weighted by Gasteiger charge is -2.35. The van der Waals surface area contributed by atoms with E-state index in [9.17, 15) is 0 Å². The van der Waals surface area contributed by atoms with E-state index < -0.39 is 0 Å². The summed E-state index contributed by atoms with van der Waals surface area (Å²) in [5.74, 6) is 0. The van der Waals surface area contributed by atoms with Gasteiger partial charge in [0.25, 0.3) is 0 Å². The van der Waals surface area contributed by atoms with Crippen molar-refractivity contribution in [2.75, 3.05) is 19.8 Å². The van der Waals surface area contributed by atoms with Crippen LogP contribution in [0.5, 0.6) is 0 Å². The van der Waals surface area contributed by atoms with E-state index in [0.29, 0.717) is 19.8 Å². The fourth-order valence-electron chi connectivity index (χ4n) is 0.720. The number of ether oxygens (including phenoxy) is 2. The average molecular weight is 160 g/mol. The Morgan fingerprint density at radius 2 is 2.40 bits per heavy atom. The SMILES string of the molecule is CC=COCC1(S)COC1. The monoisotopic (exact) mass is 160 g/mol. The molecule has 0 saturated carbocycles. The Bertz CT molecular complexity index is 130. The lowest BCUT2D eigenvalue weighted by Crippen LogP contribution is -2.47. The maximum Gasteiger partial charge on any atom is 0.106 e. The molecule has 1 saturated heterocycles. The highest BCUT2D eigenvalue weighted by atomic mass is 32.1. The molecule has 0 N–H and O–H groups in total. The van der Waals surface area contributed by atoms with Crippen LogP contribution in [0.3, 0.4) is 0 Å². The Morgan fingerprint density at radius 1 is 1.70 bits per heavy atom. The minimum atomic E-state index is -0.0283. The van der Waals surface area contributed by atoms with Crippen LogP contribution in [0.25, 0.3) is 0 Å². The van der Waals surface area contributed by atoms with E-state index in [-0.39, 0.29) is 4.75 Å². The Hall–Kier alpha value is -0.150. The molecule has 58 valence electrons. The van der Waals surface area contributed by atoms with Crippen molar-refractivity contribution in [2.45, 2.75) is 11.7 Å². The molecule has 0 bridgehead atoms. The first-order chi connectivity index (χ1) is 4.77. The molecule has 0 unspecified atom stereocenters. The van der Waals surface area contributed by atoms with Gasteiger partial charge in [0.1, 0.15) is 6.61 Å². The van der Waals surface area contributed by atoms with E-state index in [4.69, 9.17) is 9.47 Å². The van der Waals surface area contributed by atoms with E-state index in [1.807, 2.05) is 13.0 Å². The summed E-state index contributed by atoms with van der Waals surface area (Å²) in [5.41, 5.74) is 0. The van der Waals surface area contributed by atoms with Crippen LogP contribution in [-0.4, -0.2) is 24.6 Å². The van der Waals surface area contributed by atoms with Crippen LogP contribution in [0, 0.1) is 0 Å². The van der Waals surface area contributed by atoms with Gasteiger partial charge in [0, 0.05) is 0 Å². The fourth-order valence-corrected chi connectivity index (χ4v) is 0.978. The van der Waals surface area contributed by atoms with Crippen molar-refractivity contribution in [3.05, 3.63) is 12.3 Å². The molecule has 0 radical (unpaired) electrons. The summed E-state index contributed by atoms with van der Waals surface area (Å²) >= 11 is 4.36. The Kier molecular flexibility index (Phi) is 2.63. The number of allylic oxidation sites excluding steroid dienone is 1. The van der Waals surface area contributed by atoms with Gasteiger partial charge in [-0.15, -0.1) is 0 Å². The molecule has 2 nitrogen and oxygen atoms in total. The number of hydrogen-bond donors (Lipinski definition) is 1. The van der Waals surface area contributed by atoms with Gasteiger partial charge in [-0.3, -0.25) is 0 Å². The second-order valence-corrected chi connectivity index (χ2v) is 3.45. The lowest BCUT2D eigenvalue weighted by molar-refractivity contribution is -0.0333. The van der Waals surface area contributed by atoms with Gasteiger partial charge in [0.05, 0.1) is 24.2 Å². The van der Waals surface area contributed by atoms with Gasteiger partial charge in [-0.25, -0.2) is 0 Å². The number of rotatable bonds is 3. The third kappa shape index (κ3) is 1.92. The normalized spacial score (nSPS) is 22.6. The van der Waals surface area contributed by atoms with Gasteiger partial charge < -0.3 is 9.47 Å². The quantitative estimate of drug-likeness (QED) is 0.494. The third-order valence-electron chi connectivity index (χ3n) is 1.33. The fraction of sp³-hybridized carbons (Fsp3) is 0.714. The van der Waals surface area contributed by atoms with Crippen LogP contribution in [0.2, 0.25) is 0 Å². The van der Waals surface area contributed by atoms with Crippen molar-refractivity contribution in [2.24, 2.45) is 0 Å². The molecule has 0 aromatic carbocycles. The second-order valence-electron chi connectivity index (χ2n) is 2.50. The van der Waals surface area contributed by atoms with E-state index in [2.05, 4.69) is 12.6 Å². The van der Waals surface area contributed by atoms with Crippen LogP contribution in [0.4, 0.5) is 0 Å². The van der Waals surface area contributed by atoms with Gasteiger partial charge in [-0.2, -0.15) is 12.6 Å². The molecule has 1 heterocycles. The highest BCUT2D eigenvalue weighted by Gasteiger charge is 2.35. The van der Waals surface area contributed by atoms with Crippen LogP contribution in [-0.2, 0) is 9.47 Å². The summed E-state index contributed by atoms with van der Waals surface area (Å²) in [6, 6.07) is 0. The van der Waals surface area contributed by atoms with Gasteiger partial charge in [-0.05, 0) is 6.92 Å². The standard InChI is InChI=1S/C7H12O2S/c1-2-3-8-4-7(10)5-9-6-7/h2-3,10H,4-6H2,1H3. The molecule has 0 atom stereocenters. The predicted molar refractivity (Wildman–Crippen MR) is 43.3 cm³/mol. The van der Waals surface area contributed by atoms with Crippen molar-refractivity contribution in [1.82, 2.24) is 0 Å². The van der Waals surface area contributed by atoms with Crippen LogP contribution in [0.15, 0.2) is 12.3 Å². The highest BCUT2D eigenvalue weighted by molar-refractivity contribution is 7.82. The molecule has 10 heavy (non-hydrogen) atoms. The van der Waals surface area contributed by atoms with Crippen LogP contribution >= 0.6 is 12.6 Å². The molecule has 0 aromatic heterocycles. The summed E-state index contributed by atoms with van der Waals surface area (Å²) < 4.78 is 10.1. The zero-order chi connectivity index (χ0) is 7.45. The van der Waals surface area contributed by atoms with E-state index >= 15 is 0 Å². The third-order valence-corrected chi connectivity index (χ3v) is 1.71. The Labute approximate surface area is 66.6 Å². The van der Waals surface area contributed by atoms with E-state index in [1.54, 1.807) is 6.26 Å². The van der Waals surface area contributed by atoms with Gasteiger partial charge in [-0.1, -0.05) is 6.08 Å². The molecule has 1 rings (SSSR count). The smallest absolute Gasteiger partial charge is 0.106 e. The summed E-state index contributed by atoms with van der Waals surface area (Å²) in [6.07, 6.45) is 3.53. The maximum atomic E-state index is 5.15. The zero-order valence-electron chi connectivity index (χ0n) is 6.04. The number of hydrogen-bond acceptors (Lipinski definition) is 3. The molecular formula is C7H12O2S. The molecule has 0 spiro atoms. The predicted octanol–water partition coefficient (Wildman–Crippen LogP) is 1.24. The van der Waals surface area contributed by atoms with Crippen molar-refractivity contribution in [3.8, 4) is 0 Å². The second kappa shape index (κ2) is 3.30. The largest absolute Gasteiger partial charge is 0.500 e. The van der Waals surface area contributed by atoms with Crippen molar-refractivity contribution in [3.63, 3.8) is 0 Å². The van der Waals surface area contributed by atoms with Crippen LogP contribution < -0.4 is 0 Å². The van der Waals surface area contributed by atoms with Gasteiger partial charge in [0.15, 0.2) is 0 Å². The summed E-state index contributed by atoms with van der Waals surface area (Å²) in [4.78, 5) is 0. The zero-order valence-corrected chi connectivity index (χ0v) is 6.93. The summed E-state index contributed by atoms with van der Waals surface area (Å²) in [7, 11) is 0. The van der Waals surface area contributed by atoms with Gasteiger partial charge in [0.2, 0.25) is 0 Å². The van der Waals surface area contributed by atoms with Crippen molar-refractivity contribution >= 4 is 12.6 Å². The molecule has 0 aromatic rings. The molecule has 0 amide bonds. The first kappa shape index (κ1) is 7.95. The minimum absolute atomic E-state index is 0.0283. The van der Waals surface area contributed by atoms with Crippen LogP contribution in [0.1, 0.15) is 6.92 Å². The molecule has 0 aliphatic carbocycles. The molecule has 1 fully saturated rings. The summed E-state index contributed by atoms with van der Waals surface area (Å²) in [6.45, 7) is 3.96. The summed E-state index contributed by atoms with van der Waals surface area (Å²) in [5, 5.41) is 0. The van der Waals surface area contributed by atoms with E-state index in [0.717, 1.165) is 0 Å².